The highest BCUT2D eigenvalue weighted by Crippen LogP contribution is 2.32. The van der Waals surface area contributed by atoms with Crippen LogP contribution in [0.3, 0.4) is 0 Å². The Morgan fingerprint density at radius 2 is 1.78 bits per heavy atom. The van der Waals surface area contributed by atoms with Crippen LogP contribution in [0.5, 0.6) is 0 Å². The molecule has 1 atom stereocenters. The number of hydrogen-bond acceptors (Lipinski definition) is 5. The molecule has 2 aromatic rings. The van der Waals surface area contributed by atoms with E-state index in [1.807, 2.05) is 19.1 Å². The van der Waals surface area contributed by atoms with Crippen molar-refractivity contribution < 1.29 is 13.3 Å². The smallest absolute Gasteiger partial charge is 0.293 e. The number of anilines is 1. The highest BCUT2D eigenvalue weighted by molar-refractivity contribution is 7.89. The molecule has 1 saturated heterocycles. The van der Waals surface area contributed by atoms with E-state index in [1.54, 1.807) is 12.1 Å². The van der Waals surface area contributed by atoms with Crippen LogP contribution in [0.15, 0.2) is 47.4 Å². The molecular formula is C18H20ClN3O4S. The molecule has 9 heteroatoms. The Morgan fingerprint density at radius 3 is 2.37 bits per heavy atom. The molecule has 1 N–H and O–H groups in total. The van der Waals surface area contributed by atoms with Crippen molar-refractivity contribution in [2.75, 3.05) is 18.4 Å². The van der Waals surface area contributed by atoms with E-state index >= 15 is 0 Å². The average molecular weight is 410 g/mol. The molecule has 0 unspecified atom stereocenters. The van der Waals surface area contributed by atoms with Crippen LogP contribution in [0, 0.1) is 10.1 Å². The number of nitro benzene ring substituents is 1. The second kappa shape index (κ2) is 7.84. The molecule has 27 heavy (non-hydrogen) atoms. The summed E-state index contributed by atoms with van der Waals surface area (Å²) in [7, 11) is -3.71. The van der Waals surface area contributed by atoms with Gasteiger partial charge in [-0.1, -0.05) is 23.7 Å². The van der Waals surface area contributed by atoms with Gasteiger partial charge in [-0.2, -0.15) is 4.31 Å². The van der Waals surface area contributed by atoms with Crippen LogP contribution in [0.4, 0.5) is 11.4 Å². The molecule has 1 fully saturated rings. The minimum atomic E-state index is -3.71. The van der Waals surface area contributed by atoms with Crippen molar-refractivity contribution in [3.05, 3.63) is 63.2 Å². The van der Waals surface area contributed by atoms with Crippen LogP contribution in [0.2, 0.25) is 5.02 Å². The van der Waals surface area contributed by atoms with Gasteiger partial charge in [0.2, 0.25) is 10.0 Å². The average Bonchev–Trinajstić information content (AvgIpc) is 3.17. The zero-order valence-electron chi connectivity index (χ0n) is 14.8. The van der Waals surface area contributed by atoms with Crippen molar-refractivity contribution >= 4 is 33.0 Å². The third kappa shape index (κ3) is 4.23. The number of sulfonamides is 1. The first-order valence-corrected chi connectivity index (χ1v) is 10.4. The fourth-order valence-corrected chi connectivity index (χ4v) is 4.75. The van der Waals surface area contributed by atoms with E-state index in [2.05, 4.69) is 5.32 Å². The van der Waals surface area contributed by atoms with Gasteiger partial charge in [0.25, 0.3) is 5.69 Å². The van der Waals surface area contributed by atoms with Gasteiger partial charge in [-0.3, -0.25) is 10.1 Å². The van der Waals surface area contributed by atoms with E-state index in [0.717, 1.165) is 24.5 Å². The third-order valence-electron chi connectivity index (χ3n) is 4.61. The Bertz CT molecular complexity index is 942. The third-order valence-corrected chi connectivity index (χ3v) is 6.76. The molecule has 1 aliphatic heterocycles. The first-order valence-electron chi connectivity index (χ1n) is 8.59. The lowest BCUT2D eigenvalue weighted by molar-refractivity contribution is -0.384. The van der Waals surface area contributed by atoms with Crippen molar-refractivity contribution in [3.63, 3.8) is 0 Å². The zero-order valence-corrected chi connectivity index (χ0v) is 16.3. The molecule has 0 radical (unpaired) electrons. The van der Waals surface area contributed by atoms with E-state index in [-0.39, 0.29) is 22.3 Å². The van der Waals surface area contributed by atoms with Gasteiger partial charge in [-0.15, -0.1) is 0 Å². The predicted molar refractivity (Wildman–Crippen MR) is 105 cm³/mol. The van der Waals surface area contributed by atoms with E-state index in [4.69, 9.17) is 11.6 Å². The molecule has 144 valence electrons. The number of nitro groups is 1. The van der Waals surface area contributed by atoms with E-state index in [9.17, 15) is 18.5 Å². The quantitative estimate of drug-likeness (QED) is 0.570. The van der Waals surface area contributed by atoms with Crippen LogP contribution in [0.1, 0.15) is 31.4 Å². The summed E-state index contributed by atoms with van der Waals surface area (Å²) in [6.07, 6.45) is 1.61. The molecular weight excluding hydrogens is 390 g/mol. The minimum absolute atomic E-state index is 0.0548. The summed E-state index contributed by atoms with van der Waals surface area (Å²) in [6, 6.07) is 10.9. The first kappa shape index (κ1) is 19.6. The second-order valence-corrected chi connectivity index (χ2v) is 8.84. The summed E-state index contributed by atoms with van der Waals surface area (Å²) in [4.78, 5) is 10.9. The Hall–Kier alpha value is -2.16. The van der Waals surface area contributed by atoms with E-state index < -0.39 is 14.9 Å². The molecule has 0 saturated carbocycles. The highest BCUT2D eigenvalue weighted by Gasteiger charge is 2.29. The molecule has 0 aromatic heterocycles. The van der Waals surface area contributed by atoms with Crippen molar-refractivity contribution in [2.45, 2.75) is 30.7 Å². The molecule has 2 aromatic carbocycles. The van der Waals surface area contributed by atoms with Crippen molar-refractivity contribution in [1.82, 2.24) is 4.31 Å². The van der Waals surface area contributed by atoms with E-state index in [0.29, 0.717) is 18.1 Å². The summed E-state index contributed by atoms with van der Waals surface area (Å²) >= 11 is 5.89. The monoisotopic (exact) mass is 409 g/mol. The van der Waals surface area contributed by atoms with Gasteiger partial charge in [0.15, 0.2) is 0 Å². The summed E-state index contributed by atoms with van der Waals surface area (Å²) in [5, 5.41) is 15.2. The van der Waals surface area contributed by atoms with Gasteiger partial charge < -0.3 is 5.32 Å². The maximum absolute atomic E-state index is 12.7. The van der Waals surface area contributed by atoms with Gasteiger partial charge in [0.1, 0.15) is 5.69 Å². The molecule has 1 aliphatic rings. The zero-order chi connectivity index (χ0) is 19.6. The summed E-state index contributed by atoms with van der Waals surface area (Å²) in [5.41, 5.74) is 0.904. The first-order chi connectivity index (χ1) is 12.8. The maximum Gasteiger partial charge on any atom is 0.293 e. The highest BCUT2D eigenvalue weighted by atomic mass is 35.5. The molecule has 3 rings (SSSR count). The molecule has 0 amide bonds. The van der Waals surface area contributed by atoms with Crippen LogP contribution < -0.4 is 5.32 Å². The summed E-state index contributed by atoms with van der Waals surface area (Å²) < 4.78 is 26.7. The van der Waals surface area contributed by atoms with Gasteiger partial charge in [0.05, 0.1) is 9.82 Å². The van der Waals surface area contributed by atoms with Crippen LogP contribution >= 0.6 is 11.6 Å². The molecule has 0 spiro atoms. The lowest BCUT2D eigenvalue weighted by atomic mass is 10.1. The maximum atomic E-state index is 12.7. The number of benzene rings is 2. The van der Waals surface area contributed by atoms with Crippen molar-refractivity contribution in [2.24, 2.45) is 0 Å². The SMILES string of the molecule is C[C@@H](Nc1ccc(S(=O)(=O)N2CCCC2)cc1[N+](=O)[O-])c1ccc(Cl)cc1. The molecule has 0 bridgehead atoms. The lowest BCUT2D eigenvalue weighted by Crippen LogP contribution is -2.27. The summed E-state index contributed by atoms with van der Waals surface area (Å²) in [5.74, 6) is 0. The van der Waals surface area contributed by atoms with Gasteiger partial charge in [0, 0.05) is 30.2 Å². The minimum Gasteiger partial charge on any atom is -0.373 e. The predicted octanol–water partition coefficient (Wildman–Crippen LogP) is 4.21. The van der Waals surface area contributed by atoms with Gasteiger partial charge >= 0.3 is 0 Å². The van der Waals surface area contributed by atoms with E-state index in [1.165, 1.54) is 16.4 Å². The van der Waals surface area contributed by atoms with Gasteiger partial charge in [-0.05, 0) is 49.6 Å². The number of halogens is 1. The Labute approximate surface area is 163 Å². The number of hydrogen-bond donors (Lipinski definition) is 1. The fourth-order valence-electron chi connectivity index (χ4n) is 3.09. The van der Waals surface area contributed by atoms with Crippen molar-refractivity contribution in [3.8, 4) is 0 Å². The molecule has 7 nitrogen and oxygen atoms in total. The van der Waals surface area contributed by atoms with Crippen molar-refractivity contribution in [1.29, 1.82) is 0 Å². The number of nitrogens with one attached hydrogen (secondary N) is 1. The Balaban J connectivity index is 1.90. The normalized spacial score (nSPS) is 16.2. The number of rotatable bonds is 6. The fraction of sp³-hybridized carbons (Fsp3) is 0.333. The summed E-state index contributed by atoms with van der Waals surface area (Å²) in [6.45, 7) is 2.76. The van der Waals surface area contributed by atoms with Crippen LogP contribution in [-0.4, -0.2) is 30.7 Å². The topological polar surface area (TPSA) is 92.6 Å². The van der Waals surface area contributed by atoms with Crippen LogP contribution in [-0.2, 0) is 10.0 Å². The van der Waals surface area contributed by atoms with Crippen LogP contribution in [0.25, 0.3) is 0 Å². The largest absolute Gasteiger partial charge is 0.373 e. The number of nitrogens with zero attached hydrogens (tertiary/aromatic N) is 2. The molecule has 0 aliphatic carbocycles. The Morgan fingerprint density at radius 1 is 1.15 bits per heavy atom. The Kier molecular flexibility index (Phi) is 5.69. The molecule has 1 heterocycles. The van der Waals surface area contributed by atoms with Gasteiger partial charge in [-0.25, -0.2) is 8.42 Å². The lowest BCUT2D eigenvalue weighted by Gasteiger charge is -2.18. The second-order valence-electron chi connectivity index (χ2n) is 6.46. The standard InChI is InChI=1S/C18H20ClN3O4S/c1-13(14-4-6-15(19)7-5-14)20-17-9-8-16(12-18(17)22(23)24)27(25,26)21-10-2-3-11-21/h4-9,12-13,20H,2-3,10-11H2,1H3/t13-/m1/s1.